The highest BCUT2D eigenvalue weighted by atomic mass is 32.2. The van der Waals surface area contributed by atoms with Crippen LogP contribution in [0.2, 0.25) is 0 Å². The molecule has 0 unspecified atom stereocenters. The molecule has 0 saturated heterocycles. The average Bonchev–Trinajstić information content (AvgIpc) is 2.85. The van der Waals surface area contributed by atoms with Crippen molar-refractivity contribution in [2.24, 2.45) is 0 Å². The van der Waals surface area contributed by atoms with Crippen molar-refractivity contribution in [3.63, 3.8) is 0 Å². The van der Waals surface area contributed by atoms with Crippen LogP contribution in [-0.2, 0) is 10.0 Å². The summed E-state index contributed by atoms with van der Waals surface area (Å²) in [5, 5.41) is 3.14. The van der Waals surface area contributed by atoms with Crippen molar-refractivity contribution in [2.45, 2.75) is 70.4 Å². The van der Waals surface area contributed by atoms with E-state index in [2.05, 4.69) is 23.9 Å². The summed E-state index contributed by atoms with van der Waals surface area (Å²) in [6.45, 7) is 9.73. The molecule has 0 saturated carbocycles. The summed E-state index contributed by atoms with van der Waals surface area (Å²) in [6, 6.07) is 17.9. The number of sulfonamides is 1. The maximum Gasteiger partial charge on any atom is 0.262 e. The Hall–Kier alpha value is -3.32. The summed E-state index contributed by atoms with van der Waals surface area (Å²) in [6.07, 6.45) is 2.29. The number of carbonyl (C=O) groups excluding carboxylic acids is 1. The van der Waals surface area contributed by atoms with E-state index < -0.39 is 10.0 Å². The van der Waals surface area contributed by atoms with Gasteiger partial charge < -0.3 is 10.1 Å². The number of carbonyl (C=O) groups is 1. The molecular formula is C29H34N2O4S. The highest BCUT2D eigenvalue weighted by Gasteiger charge is 2.39. The molecule has 1 amide bonds. The minimum absolute atomic E-state index is 0.0824. The van der Waals surface area contributed by atoms with Crippen molar-refractivity contribution in [3.05, 3.63) is 88.5 Å². The molecule has 3 aromatic rings. The first-order valence-electron chi connectivity index (χ1n) is 12.4. The summed E-state index contributed by atoms with van der Waals surface area (Å²) in [5.74, 6) is 0.461. The van der Waals surface area contributed by atoms with Crippen LogP contribution in [0.4, 0.5) is 5.69 Å². The van der Waals surface area contributed by atoms with Crippen molar-refractivity contribution in [2.75, 3.05) is 4.72 Å². The second kappa shape index (κ2) is 9.97. The molecule has 0 radical (unpaired) electrons. The van der Waals surface area contributed by atoms with Crippen molar-refractivity contribution in [1.29, 1.82) is 0 Å². The first-order valence-corrected chi connectivity index (χ1v) is 13.9. The van der Waals surface area contributed by atoms with Crippen LogP contribution >= 0.6 is 0 Å². The molecule has 1 aliphatic rings. The Morgan fingerprint density at radius 3 is 2.39 bits per heavy atom. The normalized spacial score (nSPS) is 16.5. The Balaban J connectivity index is 1.62. The topological polar surface area (TPSA) is 84.5 Å². The van der Waals surface area contributed by atoms with E-state index in [0.29, 0.717) is 23.2 Å². The highest BCUT2D eigenvalue weighted by molar-refractivity contribution is 7.92. The van der Waals surface area contributed by atoms with Crippen LogP contribution in [0, 0.1) is 20.8 Å². The van der Waals surface area contributed by atoms with E-state index in [-0.39, 0.29) is 22.4 Å². The van der Waals surface area contributed by atoms with Gasteiger partial charge in [-0.1, -0.05) is 55.8 Å². The fourth-order valence-electron chi connectivity index (χ4n) is 4.83. The van der Waals surface area contributed by atoms with Gasteiger partial charge in [0.1, 0.15) is 11.4 Å². The predicted octanol–water partition coefficient (Wildman–Crippen LogP) is 6.23. The number of para-hydroxylation sites is 1. The SMILES string of the molecule is CCC1(CC)C[C@H](NC(=O)c2ccc(C)c(S(=O)(=O)Nc3ccc(C)cc3C)c2)c2ccccc2O1. The van der Waals surface area contributed by atoms with Gasteiger partial charge >= 0.3 is 0 Å². The van der Waals surface area contributed by atoms with Gasteiger partial charge in [-0.15, -0.1) is 0 Å². The van der Waals surface area contributed by atoms with Crippen LogP contribution in [0.25, 0.3) is 0 Å². The van der Waals surface area contributed by atoms with Gasteiger partial charge in [0, 0.05) is 17.5 Å². The van der Waals surface area contributed by atoms with Crippen LogP contribution in [0.15, 0.2) is 65.6 Å². The molecule has 6 nitrogen and oxygen atoms in total. The Labute approximate surface area is 214 Å². The van der Waals surface area contributed by atoms with Crippen LogP contribution in [0.3, 0.4) is 0 Å². The zero-order chi connectivity index (χ0) is 26.1. The fraction of sp³-hybridized carbons (Fsp3) is 0.345. The Morgan fingerprint density at radius 2 is 1.69 bits per heavy atom. The monoisotopic (exact) mass is 506 g/mol. The maximum absolute atomic E-state index is 13.4. The summed E-state index contributed by atoms with van der Waals surface area (Å²) in [5.41, 5.74) is 3.84. The maximum atomic E-state index is 13.4. The minimum atomic E-state index is -3.89. The van der Waals surface area contributed by atoms with Gasteiger partial charge in [0.2, 0.25) is 0 Å². The molecule has 2 N–H and O–H groups in total. The van der Waals surface area contributed by atoms with Gasteiger partial charge in [-0.2, -0.15) is 0 Å². The van der Waals surface area contributed by atoms with Crippen LogP contribution in [0.1, 0.15) is 71.8 Å². The molecule has 1 aliphatic heterocycles. The molecule has 4 rings (SSSR count). The number of aryl methyl sites for hydroxylation is 3. The Bertz CT molecular complexity index is 1390. The molecule has 0 spiro atoms. The summed E-state index contributed by atoms with van der Waals surface area (Å²) in [7, 11) is -3.89. The zero-order valence-corrected chi connectivity index (χ0v) is 22.3. The minimum Gasteiger partial charge on any atom is -0.487 e. The van der Waals surface area contributed by atoms with Gasteiger partial charge in [-0.05, 0) is 69.0 Å². The van der Waals surface area contributed by atoms with Gasteiger partial charge in [-0.25, -0.2) is 8.42 Å². The molecule has 3 aromatic carbocycles. The van der Waals surface area contributed by atoms with Crippen molar-refractivity contribution in [3.8, 4) is 5.75 Å². The van der Waals surface area contributed by atoms with Gasteiger partial charge in [0.15, 0.2) is 0 Å². The number of hydrogen-bond donors (Lipinski definition) is 2. The van der Waals surface area contributed by atoms with E-state index in [9.17, 15) is 13.2 Å². The molecule has 0 bridgehead atoms. The van der Waals surface area contributed by atoms with Gasteiger partial charge in [0.05, 0.1) is 16.6 Å². The van der Waals surface area contributed by atoms with Crippen LogP contribution in [-0.4, -0.2) is 19.9 Å². The van der Waals surface area contributed by atoms with E-state index in [1.54, 1.807) is 25.1 Å². The zero-order valence-electron chi connectivity index (χ0n) is 21.5. The third-order valence-corrected chi connectivity index (χ3v) is 8.66. The largest absolute Gasteiger partial charge is 0.487 e. The number of hydrogen-bond acceptors (Lipinski definition) is 4. The quantitative estimate of drug-likeness (QED) is 0.398. The molecule has 1 heterocycles. The lowest BCUT2D eigenvalue weighted by Crippen LogP contribution is -2.44. The van der Waals surface area contributed by atoms with Crippen molar-refractivity contribution < 1.29 is 17.9 Å². The number of fused-ring (bicyclic) bond motifs is 1. The molecule has 0 aromatic heterocycles. The van der Waals surface area contributed by atoms with Gasteiger partial charge in [-0.3, -0.25) is 9.52 Å². The number of benzene rings is 3. The summed E-state index contributed by atoms with van der Waals surface area (Å²) >= 11 is 0. The van der Waals surface area contributed by atoms with Crippen molar-refractivity contribution >= 4 is 21.6 Å². The molecule has 7 heteroatoms. The standard InChI is InChI=1S/C29H34N2O4S/c1-6-29(7-2)18-25(23-10-8-9-11-26(23)35-29)30-28(32)22-14-13-20(4)27(17-22)36(33,34)31-24-15-12-19(3)16-21(24)5/h8-17,25,31H,6-7,18H2,1-5H3,(H,30,32)/t25-/m0/s1. The first kappa shape index (κ1) is 25.8. The molecule has 36 heavy (non-hydrogen) atoms. The molecular weight excluding hydrogens is 472 g/mol. The predicted molar refractivity (Wildman–Crippen MR) is 143 cm³/mol. The molecule has 1 atom stereocenters. The summed E-state index contributed by atoms with van der Waals surface area (Å²) < 4.78 is 35.6. The van der Waals surface area contributed by atoms with Crippen molar-refractivity contribution in [1.82, 2.24) is 5.32 Å². The Morgan fingerprint density at radius 1 is 0.972 bits per heavy atom. The van der Waals surface area contributed by atoms with E-state index in [4.69, 9.17) is 4.74 Å². The number of rotatable bonds is 7. The fourth-order valence-corrected chi connectivity index (χ4v) is 6.23. The van der Waals surface area contributed by atoms with Crippen LogP contribution in [0.5, 0.6) is 5.75 Å². The molecule has 190 valence electrons. The van der Waals surface area contributed by atoms with E-state index in [1.807, 2.05) is 50.2 Å². The lowest BCUT2D eigenvalue weighted by Gasteiger charge is -2.41. The van der Waals surface area contributed by atoms with E-state index >= 15 is 0 Å². The molecule has 0 aliphatic carbocycles. The third-order valence-electron chi connectivity index (χ3n) is 7.16. The Kier molecular flexibility index (Phi) is 7.14. The second-order valence-corrected chi connectivity index (χ2v) is 11.3. The van der Waals surface area contributed by atoms with Gasteiger partial charge in [0.25, 0.3) is 15.9 Å². The third kappa shape index (κ3) is 5.12. The molecule has 0 fully saturated rings. The highest BCUT2D eigenvalue weighted by Crippen LogP contribution is 2.42. The summed E-state index contributed by atoms with van der Waals surface area (Å²) in [4.78, 5) is 13.5. The van der Waals surface area contributed by atoms with E-state index in [0.717, 1.165) is 35.3 Å². The second-order valence-electron chi connectivity index (χ2n) is 9.66. The van der Waals surface area contributed by atoms with E-state index in [1.165, 1.54) is 6.07 Å². The van der Waals surface area contributed by atoms with Crippen LogP contribution < -0.4 is 14.8 Å². The smallest absolute Gasteiger partial charge is 0.262 e. The number of nitrogens with one attached hydrogen (secondary N) is 2. The lowest BCUT2D eigenvalue weighted by molar-refractivity contribution is 0.0227. The number of ether oxygens (including phenoxy) is 1. The number of amides is 1. The average molecular weight is 507 g/mol. The number of anilines is 1. The first-order chi connectivity index (χ1) is 17.1. The lowest BCUT2D eigenvalue weighted by atomic mass is 9.83.